The number of piperidine rings is 1. The fraction of sp³-hybridized carbons (Fsp3) is 0.240. The molecule has 0 spiro atoms. The molecule has 34 heavy (non-hydrogen) atoms. The van der Waals surface area contributed by atoms with Crippen LogP contribution in [0.4, 0.5) is 23.7 Å². The highest BCUT2D eigenvalue weighted by atomic mass is 19.4. The maximum atomic E-state index is 12.7. The number of pyridine rings is 2. The van der Waals surface area contributed by atoms with E-state index in [9.17, 15) is 18.0 Å². The molecule has 0 saturated carbocycles. The molecule has 1 aliphatic rings. The molecule has 4 rings (SSSR count). The number of nitrogens with one attached hydrogen (secondary N) is 1. The average Bonchev–Trinajstić information content (AvgIpc) is 2.82. The fourth-order valence-electron chi connectivity index (χ4n) is 3.55. The lowest BCUT2D eigenvalue weighted by Gasteiger charge is -2.28. The summed E-state index contributed by atoms with van der Waals surface area (Å²) in [5.74, 6) is 0.615. The van der Waals surface area contributed by atoms with Gasteiger partial charge in [0.05, 0.1) is 17.4 Å². The summed E-state index contributed by atoms with van der Waals surface area (Å²) in [6.07, 6.45) is 3.11. The van der Waals surface area contributed by atoms with Crippen LogP contribution in [0.1, 0.15) is 29.5 Å². The van der Waals surface area contributed by atoms with Crippen LogP contribution in [0, 0.1) is 6.92 Å². The van der Waals surface area contributed by atoms with E-state index in [4.69, 9.17) is 4.74 Å². The Morgan fingerprint density at radius 1 is 1.12 bits per heavy atom. The van der Waals surface area contributed by atoms with Gasteiger partial charge in [0.2, 0.25) is 5.88 Å². The summed E-state index contributed by atoms with van der Waals surface area (Å²) < 4.78 is 44.0. The molecule has 3 heterocycles. The van der Waals surface area contributed by atoms with Crippen molar-refractivity contribution in [3.05, 3.63) is 83.3 Å². The number of carbonyl (C=O) groups excluding carboxylic acids is 1. The number of hydrogen-bond donors (Lipinski definition) is 1. The van der Waals surface area contributed by atoms with Gasteiger partial charge in [-0.15, -0.1) is 0 Å². The number of likely N-dealkylation sites (tertiary alicyclic amines) is 1. The van der Waals surface area contributed by atoms with Gasteiger partial charge in [0.1, 0.15) is 5.75 Å². The molecule has 0 aliphatic carbocycles. The molecule has 1 saturated heterocycles. The lowest BCUT2D eigenvalue weighted by Crippen LogP contribution is -2.39. The molecule has 176 valence electrons. The van der Waals surface area contributed by atoms with E-state index in [0.717, 1.165) is 36.2 Å². The van der Waals surface area contributed by atoms with Crippen molar-refractivity contribution in [3.63, 3.8) is 0 Å². The third-order valence-corrected chi connectivity index (χ3v) is 5.47. The Morgan fingerprint density at radius 3 is 2.56 bits per heavy atom. The van der Waals surface area contributed by atoms with Crippen molar-refractivity contribution in [1.82, 2.24) is 14.9 Å². The van der Waals surface area contributed by atoms with Gasteiger partial charge in [0.15, 0.2) is 0 Å². The van der Waals surface area contributed by atoms with E-state index >= 15 is 0 Å². The third-order valence-electron chi connectivity index (χ3n) is 5.47. The summed E-state index contributed by atoms with van der Waals surface area (Å²) >= 11 is 0. The zero-order chi connectivity index (χ0) is 24.1. The number of urea groups is 1. The molecule has 9 heteroatoms. The van der Waals surface area contributed by atoms with Crippen LogP contribution in [-0.2, 0) is 6.18 Å². The van der Waals surface area contributed by atoms with E-state index in [1.54, 1.807) is 29.4 Å². The first-order valence-corrected chi connectivity index (χ1v) is 10.7. The molecule has 0 unspecified atom stereocenters. The number of carbonyl (C=O) groups is 1. The first-order valence-electron chi connectivity index (χ1n) is 10.7. The largest absolute Gasteiger partial charge is 0.439 e. The smallest absolute Gasteiger partial charge is 0.417 e. The van der Waals surface area contributed by atoms with E-state index in [1.165, 1.54) is 11.6 Å². The molecule has 2 amide bonds. The van der Waals surface area contributed by atoms with Crippen LogP contribution >= 0.6 is 0 Å². The highest BCUT2D eigenvalue weighted by molar-refractivity contribution is 5.89. The third kappa shape index (κ3) is 5.92. The van der Waals surface area contributed by atoms with E-state index in [1.807, 2.05) is 25.1 Å². The second kappa shape index (κ2) is 9.94. The quantitative estimate of drug-likeness (QED) is 0.487. The zero-order valence-corrected chi connectivity index (χ0v) is 18.5. The van der Waals surface area contributed by atoms with Crippen molar-refractivity contribution < 1.29 is 22.7 Å². The SMILES string of the molecule is Cc1ccc(C=C2CCN(C(=O)Nc3cccnc3)CC2)cc1Oc1ccc(C(F)(F)F)cn1. The van der Waals surface area contributed by atoms with Crippen molar-refractivity contribution in [1.29, 1.82) is 0 Å². The van der Waals surface area contributed by atoms with Crippen molar-refractivity contribution in [2.45, 2.75) is 25.9 Å². The Hall–Kier alpha value is -3.88. The predicted molar refractivity (Wildman–Crippen MR) is 123 cm³/mol. The first-order chi connectivity index (χ1) is 16.3. The minimum Gasteiger partial charge on any atom is -0.439 e. The molecule has 1 fully saturated rings. The van der Waals surface area contributed by atoms with Gasteiger partial charge in [-0.2, -0.15) is 13.2 Å². The summed E-state index contributed by atoms with van der Waals surface area (Å²) in [4.78, 5) is 22.0. The van der Waals surface area contributed by atoms with Crippen LogP contribution in [0.25, 0.3) is 6.08 Å². The number of halogens is 3. The number of aromatic nitrogens is 2. The van der Waals surface area contributed by atoms with Crippen LogP contribution in [0.5, 0.6) is 11.6 Å². The van der Waals surface area contributed by atoms with Crippen LogP contribution in [-0.4, -0.2) is 34.0 Å². The second-order valence-corrected chi connectivity index (χ2v) is 7.97. The van der Waals surface area contributed by atoms with Gasteiger partial charge in [-0.25, -0.2) is 9.78 Å². The molecule has 2 aromatic heterocycles. The normalized spacial score (nSPS) is 14.0. The lowest BCUT2D eigenvalue weighted by molar-refractivity contribution is -0.137. The van der Waals surface area contributed by atoms with Crippen LogP contribution < -0.4 is 10.1 Å². The number of benzene rings is 1. The number of alkyl halides is 3. The van der Waals surface area contributed by atoms with Gasteiger partial charge in [-0.3, -0.25) is 4.98 Å². The number of rotatable bonds is 4. The monoisotopic (exact) mass is 468 g/mol. The molecule has 6 nitrogen and oxygen atoms in total. The standard InChI is InChI=1S/C25H23F3N4O2/c1-17-4-5-19(14-22(17)34-23-7-6-20(15-30-23)25(26,27)28)13-18-8-11-32(12-9-18)24(33)31-21-3-2-10-29-16-21/h2-7,10,13-16H,8-9,11-12H2,1H3,(H,31,33). The van der Waals surface area contributed by atoms with Crippen LogP contribution in [0.3, 0.4) is 0 Å². The minimum atomic E-state index is -4.44. The topological polar surface area (TPSA) is 67.4 Å². The molecule has 0 atom stereocenters. The Bertz CT molecular complexity index is 1170. The maximum Gasteiger partial charge on any atom is 0.417 e. The molecule has 0 bridgehead atoms. The Balaban J connectivity index is 1.38. The Morgan fingerprint density at radius 2 is 1.91 bits per heavy atom. The molecule has 1 aromatic carbocycles. The number of hydrogen-bond acceptors (Lipinski definition) is 4. The summed E-state index contributed by atoms with van der Waals surface area (Å²) in [5.41, 5.74) is 2.79. The first kappa shape index (κ1) is 23.3. The fourth-order valence-corrected chi connectivity index (χ4v) is 3.55. The van der Waals surface area contributed by atoms with Crippen molar-refractivity contribution >= 4 is 17.8 Å². The highest BCUT2D eigenvalue weighted by Crippen LogP contribution is 2.31. The van der Waals surface area contributed by atoms with E-state index in [2.05, 4.69) is 21.4 Å². The molecular weight excluding hydrogens is 445 g/mol. The maximum absolute atomic E-state index is 12.7. The number of aryl methyl sites for hydroxylation is 1. The number of amides is 2. The van der Waals surface area contributed by atoms with Gasteiger partial charge >= 0.3 is 12.2 Å². The van der Waals surface area contributed by atoms with Gasteiger partial charge in [0.25, 0.3) is 0 Å². The van der Waals surface area contributed by atoms with Gasteiger partial charge in [-0.1, -0.05) is 23.8 Å². The van der Waals surface area contributed by atoms with Gasteiger partial charge in [0, 0.05) is 31.5 Å². The van der Waals surface area contributed by atoms with Crippen molar-refractivity contribution in [2.75, 3.05) is 18.4 Å². The molecule has 1 aliphatic heterocycles. The number of anilines is 1. The lowest BCUT2D eigenvalue weighted by atomic mass is 10.0. The summed E-state index contributed by atoms with van der Waals surface area (Å²) in [7, 11) is 0. The highest BCUT2D eigenvalue weighted by Gasteiger charge is 2.30. The van der Waals surface area contributed by atoms with E-state index in [-0.39, 0.29) is 11.9 Å². The molecule has 0 radical (unpaired) electrons. The molecule has 3 aromatic rings. The molecular formula is C25H23F3N4O2. The van der Waals surface area contributed by atoms with Gasteiger partial charge in [-0.05, 0) is 55.2 Å². The summed E-state index contributed by atoms with van der Waals surface area (Å²) in [6, 6.07) is 11.2. The Labute approximate surface area is 195 Å². The number of nitrogens with zero attached hydrogens (tertiary/aromatic N) is 3. The minimum absolute atomic E-state index is 0.0915. The van der Waals surface area contributed by atoms with E-state index < -0.39 is 11.7 Å². The van der Waals surface area contributed by atoms with Crippen LogP contribution in [0.2, 0.25) is 0 Å². The predicted octanol–water partition coefficient (Wildman–Crippen LogP) is 6.31. The average molecular weight is 468 g/mol. The summed E-state index contributed by atoms with van der Waals surface area (Å²) in [6.45, 7) is 3.06. The summed E-state index contributed by atoms with van der Waals surface area (Å²) in [5, 5.41) is 2.84. The second-order valence-electron chi connectivity index (χ2n) is 7.97. The molecule has 1 N–H and O–H groups in total. The van der Waals surface area contributed by atoms with Crippen LogP contribution in [0.15, 0.2) is 66.6 Å². The van der Waals surface area contributed by atoms with Gasteiger partial charge < -0.3 is 15.0 Å². The van der Waals surface area contributed by atoms with Crippen molar-refractivity contribution in [3.8, 4) is 11.6 Å². The van der Waals surface area contributed by atoms with E-state index in [0.29, 0.717) is 24.5 Å². The Kier molecular flexibility index (Phi) is 6.81. The zero-order valence-electron chi connectivity index (χ0n) is 18.5. The van der Waals surface area contributed by atoms with Crippen molar-refractivity contribution in [2.24, 2.45) is 0 Å². The number of ether oxygens (including phenoxy) is 1.